The molecule has 0 unspecified atom stereocenters. The highest BCUT2D eigenvalue weighted by Crippen LogP contribution is 2.34. The zero-order valence-corrected chi connectivity index (χ0v) is 17.6. The largest absolute Gasteiger partial charge is 0.481 e. The molecule has 158 valence electrons. The Morgan fingerprint density at radius 3 is 2.63 bits per heavy atom. The summed E-state index contributed by atoms with van der Waals surface area (Å²) < 4.78 is 11.6. The second-order valence-electron chi connectivity index (χ2n) is 8.11. The third-order valence-electron chi connectivity index (χ3n) is 5.54. The van der Waals surface area contributed by atoms with Crippen LogP contribution >= 0.6 is 11.6 Å². The fourth-order valence-electron chi connectivity index (χ4n) is 3.71. The SMILES string of the molecule is OC[C@@H]1C[C@H](O)C[C@H](c2ccc(Cl)c(Cc3ccc(OCC#CC4CC4)cc3)c2)O1. The van der Waals surface area contributed by atoms with Gasteiger partial charge < -0.3 is 19.7 Å². The summed E-state index contributed by atoms with van der Waals surface area (Å²) in [5, 5.41) is 20.2. The molecule has 30 heavy (non-hydrogen) atoms. The lowest BCUT2D eigenvalue weighted by Crippen LogP contribution is -2.33. The third-order valence-corrected chi connectivity index (χ3v) is 5.90. The Morgan fingerprint density at radius 2 is 1.90 bits per heavy atom. The van der Waals surface area contributed by atoms with Gasteiger partial charge in [0, 0.05) is 23.8 Å². The average Bonchev–Trinajstić information content (AvgIpc) is 3.58. The van der Waals surface area contributed by atoms with Crippen LogP contribution in [0.15, 0.2) is 42.5 Å². The van der Waals surface area contributed by atoms with Crippen molar-refractivity contribution in [2.24, 2.45) is 5.92 Å². The van der Waals surface area contributed by atoms with E-state index in [1.807, 2.05) is 42.5 Å². The minimum Gasteiger partial charge on any atom is -0.481 e. The van der Waals surface area contributed by atoms with Gasteiger partial charge in [0.15, 0.2) is 0 Å². The Hall–Kier alpha value is -2.03. The van der Waals surface area contributed by atoms with Gasteiger partial charge in [-0.25, -0.2) is 0 Å². The van der Waals surface area contributed by atoms with Gasteiger partial charge in [-0.1, -0.05) is 47.7 Å². The molecule has 0 radical (unpaired) electrons. The molecule has 1 saturated carbocycles. The number of benzene rings is 2. The van der Waals surface area contributed by atoms with Crippen LogP contribution < -0.4 is 4.74 Å². The average molecular weight is 427 g/mol. The van der Waals surface area contributed by atoms with Crippen LogP contribution in [0.25, 0.3) is 0 Å². The molecule has 2 N–H and O–H groups in total. The molecule has 2 aliphatic rings. The van der Waals surface area contributed by atoms with Gasteiger partial charge in [0.05, 0.1) is 24.9 Å². The summed E-state index contributed by atoms with van der Waals surface area (Å²) in [4.78, 5) is 0. The second kappa shape index (κ2) is 9.85. The van der Waals surface area contributed by atoms with Gasteiger partial charge in [0.25, 0.3) is 0 Å². The lowest BCUT2D eigenvalue weighted by molar-refractivity contribution is -0.113. The van der Waals surface area contributed by atoms with Crippen LogP contribution in [0.5, 0.6) is 5.75 Å². The molecule has 4 nitrogen and oxygen atoms in total. The minimum absolute atomic E-state index is 0.0887. The summed E-state index contributed by atoms with van der Waals surface area (Å²) in [5.74, 6) is 7.66. The number of hydrogen-bond acceptors (Lipinski definition) is 4. The Labute approximate surface area is 182 Å². The van der Waals surface area contributed by atoms with Crippen molar-refractivity contribution in [3.05, 3.63) is 64.2 Å². The first kappa shape index (κ1) is 21.2. The summed E-state index contributed by atoms with van der Waals surface area (Å²) in [6.07, 6.45) is 3.08. The zero-order chi connectivity index (χ0) is 20.9. The standard InChI is InChI=1S/C25H27ClO4/c26-24-10-7-19(25-15-21(28)14-23(16-27)30-25)13-20(24)12-18-5-8-22(9-6-18)29-11-1-2-17-3-4-17/h5-10,13,17,21,23,25,27-28H,3-4,11-12,14-16H2/t21-,23-,25+/m0/s1. The maximum Gasteiger partial charge on any atom is 0.149 e. The van der Waals surface area contributed by atoms with E-state index in [-0.39, 0.29) is 18.8 Å². The smallest absolute Gasteiger partial charge is 0.149 e. The molecule has 3 atom stereocenters. The molecule has 2 aromatic rings. The van der Waals surface area contributed by atoms with Crippen LogP contribution in [0.2, 0.25) is 5.02 Å². The molecule has 4 rings (SSSR count). The highest BCUT2D eigenvalue weighted by molar-refractivity contribution is 6.31. The van der Waals surface area contributed by atoms with Crippen LogP contribution in [0.3, 0.4) is 0 Å². The Kier molecular flexibility index (Phi) is 6.97. The summed E-state index contributed by atoms with van der Waals surface area (Å²) in [5.41, 5.74) is 3.10. The van der Waals surface area contributed by atoms with E-state index in [0.29, 0.717) is 36.8 Å². The molecule has 0 bridgehead atoms. The van der Waals surface area contributed by atoms with E-state index in [4.69, 9.17) is 21.1 Å². The monoisotopic (exact) mass is 426 g/mol. The summed E-state index contributed by atoms with van der Waals surface area (Å²) >= 11 is 6.45. The van der Waals surface area contributed by atoms with Gasteiger partial charge in [-0.2, -0.15) is 0 Å². The van der Waals surface area contributed by atoms with E-state index in [1.165, 1.54) is 12.8 Å². The normalized spacial score (nSPS) is 23.5. The first-order valence-corrected chi connectivity index (χ1v) is 10.9. The maximum atomic E-state index is 10.1. The van der Waals surface area contributed by atoms with Crippen molar-refractivity contribution in [1.82, 2.24) is 0 Å². The predicted molar refractivity (Wildman–Crippen MR) is 117 cm³/mol. The van der Waals surface area contributed by atoms with Crippen LogP contribution in [0.1, 0.15) is 48.5 Å². The molecule has 1 aliphatic heterocycles. The molecule has 0 amide bonds. The predicted octanol–water partition coefficient (Wildman–Crippen LogP) is 4.30. The number of hydrogen-bond donors (Lipinski definition) is 2. The minimum atomic E-state index is -0.471. The Morgan fingerprint density at radius 1 is 1.10 bits per heavy atom. The summed E-state index contributed by atoms with van der Waals surface area (Å²) in [7, 11) is 0. The Bertz CT molecular complexity index is 911. The van der Waals surface area contributed by atoms with Crippen LogP contribution in [0, 0.1) is 17.8 Å². The number of rotatable bonds is 6. The van der Waals surface area contributed by atoms with E-state index >= 15 is 0 Å². The van der Waals surface area contributed by atoms with Gasteiger partial charge >= 0.3 is 0 Å². The van der Waals surface area contributed by atoms with Crippen LogP contribution in [-0.2, 0) is 11.2 Å². The molecule has 0 spiro atoms. The quantitative estimate of drug-likeness (QED) is 0.676. The number of ether oxygens (including phenoxy) is 2. The molecule has 1 aliphatic carbocycles. The fraction of sp³-hybridized carbons (Fsp3) is 0.440. The molecule has 5 heteroatoms. The highest BCUT2D eigenvalue weighted by atomic mass is 35.5. The lowest BCUT2D eigenvalue weighted by Gasteiger charge is -2.32. The molecule has 2 fully saturated rings. The first-order chi connectivity index (χ1) is 14.6. The van der Waals surface area contributed by atoms with Crippen LogP contribution in [0.4, 0.5) is 0 Å². The second-order valence-corrected chi connectivity index (χ2v) is 8.52. The third kappa shape index (κ3) is 5.77. The van der Waals surface area contributed by atoms with E-state index in [2.05, 4.69) is 11.8 Å². The zero-order valence-electron chi connectivity index (χ0n) is 16.9. The summed E-state index contributed by atoms with van der Waals surface area (Å²) in [6, 6.07) is 13.8. The van der Waals surface area contributed by atoms with Gasteiger partial charge in [-0.05, 0) is 54.2 Å². The summed E-state index contributed by atoms with van der Waals surface area (Å²) in [6.45, 7) is 0.334. The van der Waals surface area contributed by atoms with Crippen molar-refractivity contribution in [2.45, 2.75) is 50.4 Å². The van der Waals surface area contributed by atoms with E-state index in [1.54, 1.807) is 0 Å². The van der Waals surface area contributed by atoms with Gasteiger partial charge in [-0.3, -0.25) is 0 Å². The highest BCUT2D eigenvalue weighted by Gasteiger charge is 2.29. The molecule has 1 saturated heterocycles. The van der Waals surface area contributed by atoms with Crippen molar-refractivity contribution in [1.29, 1.82) is 0 Å². The van der Waals surface area contributed by atoms with E-state index in [0.717, 1.165) is 22.4 Å². The maximum absolute atomic E-state index is 10.1. The molecule has 2 aromatic carbocycles. The fourth-order valence-corrected chi connectivity index (χ4v) is 3.89. The van der Waals surface area contributed by atoms with Crippen molar-refractivity contribution < 1.29 is 19.7 Å². The first-order valence-electron chi connectivity index (χ1n) is 10.5. The topological polar surface area (TPSA) is 58.9 Å². The molecule has 1 heterocycles. The number of aliphatic hydroxyl groups is 2. The number of aliphatic hydroxyl groups excluding tert-OH is 2. The van der Waals surface area contributed by atoms with E-state index < -0.39 is 6.10 Å². The van der Waals surface area contributed by atoms with Crippen molar-refractivity contribution in [3.63, 3.8) is 0 Å². The van der Waals surface area contributed by atoms with Crippen molar-refractivity contribution in [3.8, 4) is 17.6 Å². The number of halogens is 1. The van der Waals surface area contributed by atoms with Crippen molar-refractivity contribution in [2.75, 3.05) is 13.2 Å². The molecule has 0 aromatic heterocycles. The van der Waals surface area contributed by atoms with Gasteiger partial charge in [0.1, 0.15) is 12.4 Å². The van der Waals surface area contributed by atoms with Gasteiger partial charge in [0.2, 0.25) is 0 Å². The van der Waals surface area contributed by atoms with Gasteiger partial charge in [-0.15, -0.1) is 0 Å². The van der Waals surface area contributed by atoms with E-state index in [9.17, 15) is 10.2 Å². The van der Waals surface area contributed by atoms with Crippen molar-refractivity contribution >= 4 is 11.6 Å². The Balaban J connectivity index is 1.40. The molecular formula is C25H27ClO4. The van der Waals surface area contributed by atoms with Crippen LogP contribution in [-0.4, -0.2) is 35.6 Å². The molecular weight excluding hydrogens is 400 g/mol. The lowest BCUT2D eigenvalue weighted by atomic mass is 9.94.